The zero-order valence-corrected chi connectivity index (χ0v) is 21.8. The Morgan fingerprint density at radius 3 is 2.41 bits per heavy atom. The Morgan fingerprint density at radius 2 is 1.84 bits per heavy atom. The van der Waals surface area contributed by atoms with Crippen molar-refractivity contribution in [2.45, 2.75) is 83.1 Å². The molecule has 1 heterocycles. The van der Waals surface area contributed by atoms with Crippen LogP contribution in [0.2, 0.25) is 0 Å². The van der Waals surface area contributed by atoms with Crippen molar-refractivity contribution in [3.05, 3.63) is 47.0 Å². The molecule has 1 aliphatic heterocycles. The Bertz CT molecular complexity index is 1070. The van der Waals surface area contributed by atoms with Gasteiger partial charge in [-0.25, -0.2) is 4.79 Å². The van der Waals surface area contributed by atoms with Gasteiger partial charge in [-0.05, 0) is 49.0 Å². The van der Waals surface area contributed by atoms with Gasteiger partial charge in [0.1, 0.15) is 17.8 Å². The fourth-order valence-corrected chi connectivity index (χ4v) is 6.82. The molecule has 8 atom stereocenters. The van der Waals surface area contributed by atoms with E-state index in [1.54, 1.807) is 51.1 Å². The second kappa shape index (κ2) is 9.87. The molecule has 37 heavy (non-hydrogen) atoms. The lowest BCUT2D eigenvalue weighted by molar-refractivity contribution is -0.328. The summed E-state index contributed by atoms with van der Waals surface area (Å²) in [6.07, 6.45) is -5.76. The van der Waals surface area contributed by atoms with E-state index < -0.39 is 64.6 Å². The summed E-state index contributed by atoms with van der Waals surface area (Å²) in [5, 5.41) is 54.5. The van der Waals surface area contributed by atoms with Crippen LogP contribution in [0.1, 0.15) is 57.3 Å². The molecule has 2 saturated carbocycles. The smallest absolute Gasteiger partial charge is 0.338 e. The third-order valence-corrected chi connectivity index (χ3v) is 8.85. The van der Waals surface area contributed by atoms with E-state index in [1.807, 2.05) is 0 Å². The number of ketones is 1. The van der Waals surface area contributed by atoms with Crippen molar-refractivity contribution < 1.29 is 44.6 Å². The molecule has 9 heteroatoms. The number of benzene rings is 1. The first-order chi connectivity index (χ1) is 17.3. The van der Waals surface area contributed by atoms with Gasteiger partial charge < -0.3 is 35.0 Å². The molecule has 9 nitrogen and oxygen atoms in total. The molecule has 7 unspecified atom stereocenters. The molecule has 1 saturated heterocycles. The van der Waals surface area contributed by atoms with Crippen LogP contribution in [0.25, 0.3) is 0 Å². The van der Waals surface area contributed by atoms with Gasteiger partial charge in [0.05, 0.1) is 35.9 Å². The molecule has 204 valence electrons. The molecule has 0 radical (unpaired) electrons. The molecule has 0 bridgehead atoms. The molecule has 4 rings (SSSR count). The minimum absolute atomic E-state index is 0.0139. The first-order valence-corrected chi connectivity index (χ1v) is 12.8. The van der Waals surface area contributed by atoms with Crippen LogP contribution in [0.3, 0.4) is 0 Å². The van der Waals surface area contributed by atoms with Crippen LogP contribution in [0.4, 0.5) is 0 Å². The Kier molecular flexibility index (Phi) is 7.44. The fraction of sp³-hybridized carbons (Fsp3) is 0.643. The number of carbonyl (C=O) groups is 2. The normalized spacial score (nSPS) is 39.3. The first-order valence-electron chi connectivity index (χ1n) is 12.8. The second-order valence-electron chi connectivity index (χ2n) is 11.6. The molecule has 0 spiro atoms. The standard InChI is InChI=1S/C28H38O9/c1-15(17(30)10-11-29)21-22(32)24(33)27(4)19(31)12-20-28(35,14-36-20)23(27)18(13-26(21,2)3)37-25(34)16-8-6-5-7-9-16/h5-9,17-20,22-23,29-32,35H,10-14H2,1-4H3/b21-15-/t17?,18?,19?,20?,22?,23?,27-,28?/m1/s1. The summed E-state index contributed by atoms with van der Waals surface area (Å²) in [5.74, 6) is -2.41. The molecule has 2 aliphatic carbocycles. The van der Waals surface area contributed by atoms with E-state index in [4.69, 9.17) is 9.47 Å². The molecule has 3 aliphatic rings. The summed E-state index contributed by atoms with van der Waals surface area (Å²) in [7, 11) is 0. The summed E-state index contributed by atoms with van der Waals surface area (Å²) in [5.41, 5.74) is -3.31. The van der Waals surface area contributed by atoms with E-state index in [-0.39, 0.29) is 38.0 Å². The third-order valence-electron chi connectivity index (χ3n) is 8.85. The van der Waals surface area contributed by atoms with Crippen molar-refractivity contribution in [2.75, 3.05) is 13.2 Å². The van der Waals surface area contributed by atoms with Gasteiger partial charge >= 0.3 is 5.97 Å². The van der Waals surface area contributed by atoms with Gasteiger partial charge in [-0.2, -0.15) is 0 Å². The van der Waals surface area contributed by atoms with Crippen LogP contribution >= 0.6 is 0 Å². The predicted octanol–water partition coefficient (Wildman–Crippen LogP) is 1.15. The number of aliphatic hydroxyl groups is 5. The zero-order valence-electron chi connectivity index (χ0n) is 21.8. The van der Waals surface area contributed by atoms with Crippen molar-refractivity contribution >= 4 is 11.8 Å². The molecular weight excluding hydrogens is 480 g/mol. The maximum absolute atomic E-state index is 14.1. The quantitative estimate of drug-likeness (QED) is 0.285. The largest absolute Gasteiger partial charge is 0.458 e. The van der Waals surface area contributed by atoms with Gasteiger partial charge in [0.2, 0.25) is 0 Å². The van der Waals surface area contributed by atoms with Gasteiger partial charge in [-0.15, -0.1) is 0 Å². The SMILES string of the molecule is C/C(=C1\C(O)C(=O)[C@]2(C)C(O)CC3OCC3(O)C2C(OC(=O)c2ccccc2)CC1(C)C)C(O)CCO. The van der Waals surface area contributed by atoms with E-state index in [0.717, 1.165) is 0 Å². The lowest BCUT2D eigenvalue weighted by atomic mass is 9.49. The van der Waals surface area contributed by atoms with Gasteiger partial charge in [-0.1, -0.05) is 32.0 Å². The minimum Gasteiger partial charge on any atom is -0.458 e. The zero-order chi connectivity index (χ0) is 27.3. The van der Waals surface area contributed by atoms with E-state index >= 15 is 0 Å². The molecule has 0 aromatic heterocycles. The van der Waals surface area contributed by atoms with Crippen LogP contribution in [-0.2, 0) is 14.3 Å². The number of hydrogen-bond donors (Lipinski definition) is 5. The maximum Gasteiger partial charge on any atom is 0.338 e. The number of fused-ring (bicyclic) bond motifs is 3. The van der Waals surface area contributed by atoms with E-state index in [2.05, 4.69) is 0 Å². The minimum atomic E-state index is -1.68. The third kappa shape index (κ3) is 4.45. The molecule has 1 aromatic carbocycles. The lowest BCUT2D eigenvalue weighted by Crippen LogP contribution is -2.77. The lowest BCUT2D eigenvalue weighted by Gasteiger charge is -2.63. The molecule has 0 amide bonds. The highest BCUT2D eigenvalue weighted by Crippen LogP contribution is 2.58. The van der Waals surface area contributed by atoms with Crippen molar-refractivity contribution in [1.82, 2.24) is 0 Å². The monoisotopic (exact) mass is 518 g/mol. The van der Waals surface area contributed by atoms with E-state index in [9.17, 15) is 35.1 Å². The van der Waals surface area contributed by atoms with E-state index in [0.29, 0.717) is 11.1 Å². The summed E-state index contributed by atoms with van der Waals surface area (Å²) >= 11 is 0. The number of esters is 1. The highest BCUT2D eigenvalue weighted by Gasteiger charge is 2.71. The number of aliphatic hydroxyl groups excluding tert-OH is 4. The Balaban J connectivity index is 1.88. The Labute approximate surface area is 216 Å². The molecule has 1 aromatic rings. The average molecular weight is 519 g/mol. The fourth-order valence-electron chi connectivity index (χ4n) is 6.82. The average Bonchev–Trinajstić information content (AvgIpc) is 2.84. The van der Waals surface area contributed by atoms with E-state index in [1.165, 1.54) is 6.92 Å². The van der Waals surface area contributed by atoms with Gasteiger partial charge in [0.15, 0.2) is 5.78 Å². The number of hydrogen-bond acceptors (Lipinski definition) is 9. The topological polar surface area (TPSA) is 154 Å². The van der Waals surface area contributed by atoms with Crippen LogP contribution < -0.4 is 0 Å². The first kappa shape index (κ1) is 27.9. The summed E-state index contributed by atoms with van der Waals surface area (Å²) in [6, 6.07) is 8.36. The summed E-state index contributed by atoms with van der Waals surface area (Å²) in [6.45, 7) is 6.27. The van der Waals surface area contributed by atoms with Gasteiger partial charge in [-0.3, -0.25) is 4.79 Å². The van der Waals surface area contributed by atoms with Gasteiger partial charge in [0.25, 0.3) is 0 Å². The maximum atomic E-state index is 14.1. The van der Waals surface area contributed by atoms with Crippen LogP contribution in [0, 0.1) is 16.7 Å². The second-order valence-corrected chi connectivity index (χ2v) is 11.6. The van der Waals surface area contributed by atoms with Crippen LogP contribution in [-0.4, -0.2) is 86.6 Å². The predicted molar refractivity (Wildman–Crippen MR) is 132 cm³/mol. The highest BCUT2D eigenvalue weighted by atomic mass is 16.6. The number of Topliss-reactive ketones (excluding diaryl/α,β-unsaturated/α-hetero) is 1. The molecule has 5 N–H and O–H groups in total. The van der Waals surface area contributed by atoms with Crippen molar-refractivity contribution in [3.63, 3.8) is 0 Å². The Hall–Kier alpha value is -2.14. The molecule has 3 fully saturated rings. The van der Waals surface area contributed by atoms with Gasteiger partial charge in [0, 0.05) is 25.4 Å². The number of rotatable bonds is 5. The summed E-state index contributed by atoms with van der Waals surface area (Å²) in [4.78, 5) is 27.3. The number of ether oxygens (including phenoxy) is 2. The van der Waals surface area contributed by atoms with Crippen LogP contribution in [0.15, 0.2) is 41.5 Å². The van der Waals surface area contributed by atoms with Crippen LogP contribution in [0.5, 0.6) is 0 Å². The Morgan fingerprint density at radius 1 is 1.19 bits per heavy atom. The van der Waals surface area contributed by atoms with Crippen molar-refractivity contribution in [1.29, 1.82) is 0 Å². The van der Waals surface area contributed by atoms with Crippen molar-refractivity contribution in [2.24, 2.45) is 16.7 Å². The number of carbonyl (C=O) groups excluding carboxylic acids is 2. The van der Waals surface area contributed by atoms with Crippen molar-refractivity contribution in [3.8, 4) is 0 Å². The summed E-state index contributed by atoms with van der Waals surface area (Å²) < 4.78 is 11.6. The highest BCUT2D eigenvalue weighted by molar-refractivity contribution is 5.93. The molecular formula is C28H38O9.